The molecule has 2 heterocycles. The quantitative estimate of drug-likeness (QED) is 0.801. The topological polar surface area (TPSA) is 49.6 Å². The first kappa shape index (κ1) is 11.2. The van der Waals surface area contributed by atoms with Crippen molar-refractivity contribution in [1.82, 2.24) is 14.7 Å². The fraction of sp³-hybridized carbons (Fsp3) is 0.364. The van der Waals surface area contributed by atoms with Gasteiger partial charge in [0.2, 0.25) is 0 Å². The Labute approximate surface area is 98.9 Å². The third-order valence-electron chi connectivity index (χ3n) is 2.49. The first-order valence-corrected chi connectivity index (χ1v) is 5.61. The zero-order valence-electron chi connectivity index (χ0n) is 9.07. The molecule has 2 rings (SSSR count). The van der Waals surface area contributed by atoms with Crippen LogP contribution >= 0.6 is 11.6 Å². The van der Waals surface area contributed by atoms with Crippen LogP contribution in [0.3, 0.4) is 0 Å². The van der Waals surface area contributed by atoms with Gasteiger partial charge in [-0.25, -0.2) is 4.98 Å². The van der Waals surface area contributed by atoms with Gasteiger partial charge in [-0.3, -0.25) is 4.40 Å². The van der Waals surface area contributed by atoms with E-state index in [4.69, 9.17) is 11.6 Å². The molecular weight excluding hydrogens is 226 g/mol. The molecule has 0 aliphatic carbocycles. The van der Waals surface area contributed by atoms with Gasteiger partial charge in [-0.05, 0) is 32.1 Å². The molecule has 0 saturated heterocycles. The smallest absolute Gasteiger partial charge is 0.197 e. The maximum absolute atomic E-state index is 9.77. The fourth-order valence-corrected chi connectivity index (χ4v) is 1.99. The minimum Gasteiger partial charge on any atom is -0.494 e. The highest BCUT2D eigenvalue weighted by Gasteiger charge is 2.11. The number of fused-ring (bicyclic) bond motifs is 1. The van der Waals surface area contributed by atoms with Crippen LogP contribution in [0.2, 0.25) is 5.15 Å². The van der Waals surface area contributed by atoms with E-state index in [2.05, 4.69) is 10.3 Å². The second kappa shape index (κ2) is 4.72. The lowest BCUT2D eigenvalue weighted by molar-refractivity contribution is 0.442. The molecule has 2 N–H and O–H groups in total. The third-order valence-corrected chi connectivity index (χ3v) is 2.77. The SMILES string of the molecule is CNCCCc1nc(Cl)c2cccc(O)n12. The number of halogens is 1. The first-order valence-electron chi connectivity index (χ1n) is 5.23. The van der Waals surface area contributed by atoms with Gasteiger partial charge in [-0.2, -0.15) is 0 Å². The van der Waals surface area contributed by atoms with Crippen LogP contribution in [0.4, 0.5) is 0 Å². The summed E-state index contributed by atoms with van der Waals surface area (Å²) in [5.41, 5.74) is 0.751. The monoisotopic (exact) mass is 239 g/mol. The highest BCUT2D eigenvalue weighted by atomic mass is 35.5. The van der Waals surface area contributed by atoms with Crippen molar-refractivity contribution in [3.05, 3.63) is 29.2 Å². The predicted molar refractivity (Wildman–Crippen MR) is 64.1 cm³/mol. The molecule has 86 valence electrons. The summed E-state index contributed by atoms with van der Waals surface area (Å²) in [6.07, 6.45) is 1.74. The van der Waals surface area contributed by atoms with E-state index in [9.17, 15) is 5.11 Å². The van der Waals surface area contributed by atoms with Gasteiger partial charge in [0.1, 0.15) is 5.82 Å². The Hall–Kier alpha value is -1.26. The van der Waals surface area contributed by atoms with Crippen molar-refractivity contribution in [2.24, 2.45) is 0 Å². The van der Waals surface area contributed by atoms with E-state index >= 15 is 0 Å². The predicted octanol–water partition coefficient (Wildman–Crippen LogP) is 1.85. The Balaban J connectivity index is 2.37. The van der Waals surface area contributed by atoms with E-state index in [1.165, 1.54) is 0 Å². The van der Waals surface area contributed by atoms with Crippen molar-refractivity contribution in [1.29, 1.82) is 0 Å². The number of rotatable bonds is 4. The van der Waals surface area contributed by atoms with Gasteiger partial charge < -0.3 is 10.4 Å². The normalized spacial score (nSPS) is 11.1. The lowest BCUT2D eigenvalue weighted by Gasteiger charge is -2.03. The van der Waals surface area contributed by atoms with E-state index in [-0.39, 0.29) is 5.88 Å². The number of pyridine rings is 1. The molecule has 0 fully saturated rings. The van der Waals surface area contributed by atoms with Gasteiger partial charge in [0.05, 0.1) is 5.52 Å². The zero-order chi connectivity index (χ0) is 11.5. The van der Waals surface area contributed by atoms with Gasteiger partial charge in [0.25, 0.3) is 0 Å². The minimum absolute atomic E-state index is 0.177. The first-order chi connectivity index (χ1) is 7.74. The van der Waals surface area contributed by atoms with Crippen molar-refractivity contribution >= 4 is 17.1 Å². The number of nitrogens with one attached hydrogen (secondary N) is 1. The summed E-state index contributed by atoms with van der Waals surface area (Å²) in [6, 6.07) is 5.23. The Morgan fingerprint density at radius 2 is 2.31 bits per heavy atom. The van der Waals surface area contributed by atoms with Crippen LogP contribution in [0.25, 0.3) is 5.52 Å². The number of hydrogen-bond acceptors (Lipinski definition) is 3. The molecule has 0 aliphatic rings. The number of aromatic nitrogens is 2. The Morgan fingerprint density at radius 3 is 3.06 bits per heavy atom. The molecule has 4 nitrogen and oxygen atoms in total. The van der Waals surface area contributed by atoms with E-state index in [1.807, 2.05) is 13.1 Å². The van der Waals surface area contributed by atoms with Crippen LogP contribution in [0, 0.1) is 0 Å². The van der Waals surface area contributed by atoms with Crippen molar-refractivity contribution in [3.8, 4) is 5.88 Å². The standard InChI is InChI=1S/C11H14ClN3O/c1-13-7-3-5-9-14-11(12)8-4-2-6-10(16)15(8)9/h2,4,6,13,16H,3,5,7H2,1H3. The van der Waals surface area contributed by atoms with Crippen molar-refractivity contribution < 1.29 is 5.11 Å². The zero-order valence-corrected chi connectivity index (χ0v) is 9.83. The van der Waals surface area contributed by atoms with Crippen LogP contribution < -0.4 is 5.32 Å². The summed E-state index contributed by atoms with van der Waals surface area (Å²) in [5, 5.41) is 13.3. The molecule has 0 spiro atoms. The number of aromatic hydroxyl groups is 1. The van der Waals surface area contributed by atoms with Crippen LogP contribution in [-0.2, 0) is 6.42 Å². The molecule has 0 saturated carbocycles. The molecule has 0 unspecified atom stereocenters. The Kier molecular flexibility index (Phi) is 3.31. The third kappa shape index (κ3) is 1.99. The molecule has 0 aliphatic heterocycles. The van der Waals surface area contributed by atoms with Crippen molar-refractivity contribution in [2.45, 2.75) is 12.8 Å². The molecule has 0 bridgehead atoms. The summed E-state index contributed by atoms with van der Waals surface area (Å²) in [4.78, 5) is 4.26. The molecule has 2 aromatic heterocycles. The fourth-order valence-electron chi connectivity index (χ4n) is 1.74. The molecular formula is C11H14ClN3O. The average molecular weight is 240 g/mol. The lowest BCUT2D eigenvalue weighted by Crippen LogP contribution is -2.09. The summed E-state index contributed by atoms with van der Waals surface area (Å²) in [6.45, 7) is 0.917. The van der Waals surface area contributed by atoms with Crippen molar-refractivity contribution in [3.63, 3.8) is 0 Å². The number of hydrogen-bond donors (Lipinski definition) is 2. The second-order valence-electron chi connectivity index (χ2n) is 3.63. The summed E-state index contributed by atoms with van der Waals surface area (Å²) < 4.78 is 1.69. The number of imidazole rings is 1. The van der Waals surface area contributed by atoms with Crippen LogP contribution in [0.15, 0.2) is 18.2 Å². The van der Waals surface area contributed by atoms with Crippen LogP contribution in [0.1, 0.15) is 12.2 Å². The largest absolute Gasteiger partial charge is 0.494 e. The van der Waals surface area contributed by atoms with Gasteiger partial charge >= 0.3 is 0 Å². The Morgan fingerprint density at radius 1 is 1.50 bits per heavy atom. The van der Waals surface area contributed by atoms with E-state index in [0.717, 1.165) is 30.7 Å². The van der Waals surface area contributed by atoms with E-state index in [1.54, 1.807) is 16.5 Å². The lowest BCUT2D eigenvalue weighted by atomic mass is 10.3. The highest BCUT2D eigenvalue weighted by Crippen LogP contribution is 2.23. The highest BCUT2D eigenvalue weighted by molar-refractivity contribution is 6.32. The molecule has 0 aromatic carbocycles. The van der Waals surface area contributed by atoms with Gasteiger partial charge in [-0.15, -0.1) is 0 Å². The number of nitrogens with zero attached hydrogens (tertiary/aromatic N) is 2. The van der Waals surface area contributed by atoms with Crippen molar-refractivity contribution in [2.75, 3.05) is 13.6 Å². The maximum Gasteiger partial charge on any atom is 0.197 e. The maximum atomic E-state index is 9.77. The van der Waals surface area contributed by atoms with Gasteiger partial charge in [-0.1, -0.05) is 17.7 Å². The minimum atomic E-state index is 0.177. The molecule has 0 atom stereocenters. The van der Waals surface area contributed by atoms with Gasteiger partial charge in [0, 0.05) is 6.42 Å². The summed E-state index contributed by atoms with van der Waals surface area (Å²) in [5.74, 6) is 0.977. The summed E-state index contributed by atoms with van der Waals surface area (Å²) in [7, 11) is 1.91. The average Bonchev–Trinajstić information content (AvgIpc) is 2.58. The summed E-state index contributed by atoms with van der Waals surface area (Å²) >= 11 is 6.00. The Bertz CT molecular complexity index is 495. The van der Waals surface area contributed by atoms with Gasteiger partial charge in [0.15, 0.2) is 11.0 Å². The van der Waals surface area contributed by atoms with E-state index in [0.29, 0.717) is 5.15 Å². The van der Waals surface area contributed by atoms with Crippen LogP contribution in [0.5, 0.6) is 5.88 Å². The molecule has 0 amide bonds. The van der Waals surface area contributed by atoms with E-state index < -0.39 is 0 Å². The van der Waals surface area contributed by atoms with Crippen LogP contribution in [-0.4, -0.2) is 28.1 Å². The molecule has 0 radical (unpaired) electrons. The second-order valence-corrected chi connectivity index (χ2v) is 3.99. The molecule has 5 heteroatoms. The molecule has 16 heavy (non-hydrogen) atoms. The molecule has 2 aromatic rings. The number of aryl methyl sites for hydroxylation is 1.